The van der Waals surface area contributed by atoms with Gasteiger partial charge >= 0.3 is 0 Å². The number of carbonyl (C=O) groups is 2. The first kappa shape index (κ1) is 21.0. The van der Waals surface area contributed by atoms with Gasteiger partial charge in [0.2, 0.25) is 5.91 Å². The minimum atomic E-state index is -0.620. The first-order valence-corrected chi connectivity index (χ1v) is 11.1. The zero-order valence-electron chi connectivity index (χ0n) is 17.5. The summed E-state index contributed by atoms with van der Waals surface area (Å²) in [6, 6.07) is 10.2. The normalized spacial score (nSPS) is 15.1. The summed E-state index contributed by atoms with van der Waals surface area (Å²) < 4.78 is 13.9. The summed E-state index contributed by atoms with van der Waals surface area (Å²) in [5, 5.41) is 9.48. The van der Waals surface area contributed by atoms with Gasteiger partial charge in [-0.1, -0.05) is 0 Å². The van der Waals surface area contributed by atoms with Gasteiger partial charge in [-0.3, -0.25) is 9.59 Å². The molecule has 166 valence electrons. The number of amides is 2. The molecule has 4 aromatic rings. The molecule has 10 heteroatoms. The van der Waals surface area contributed by atoms with E-state index in [0.717, 1.165) is 33.8 Å². The van der Waals surface area contributed by atoms with Crippen LogP contribution in [0.1, 0.15) is 22.8 Å². The number of carbonyl (C=O) groups excluding carboxylic acids is 2. The van der Waals surface area contributed by atoms with Gasteiger partial charge in [0.05, 0.1) is 22.7 Å². The number of benzene rings is 1. The summed E-state index contributed by atoms with van der Waals surface area (Å²) in [7, 11) is 0. The number of aromatic amines is 1. The van der Waals surface area contributed by atoms with E-state index in [2.05, 4.69) is 30.9 Å². The number of H-pyrrole nitrogens is 1. The van der Waals surface area contributed by atoms with E-state index in [1.54, 1.807) is 24.5 Å². The van der Waals surface area contributed by atoms with Gasteiger partial charge in [0.1, 0.15) is 17.3 Å². The molecule has 1 aliphatic rings. The number of anilines is 3. The van der Waals surface area contributed by atoms with Crippen molar-refractivity contribution in [2.24, 2.45) is 0 Å². The Balaban J connectivity index is 1.36. The van der Waals surface area contributed by atoms with Crippen molar-refractivity contribution in [1.82, 2.24) is 15.0 Å². The third kappa shape index (κ3) is 4.24. The molecule has 1 atom stereocenters. The lowest BCUT2D eigenvalue weighted by Gasteiger charge is -2.22. The van der Waals surface area contributed by atoms with Crippen LogP contribution in [0.4, 0.5) is 21.6 Å². The lowest BCUT2D eigenvalue weighted by Crippen LogP contribution is -2.26. The molecule has 0 radical (unpaired) electrons. The summed E-state index contributed by atoms with van der Waals surface area (Å²) in [4.78, 5) is 37.3. The predicted octanol–water partition coefficient (Wildman–Crippen LogP) is 4.39. The number of aromatic nitrogens is 3. The highest BCUT2D eigenvalue weighted by Gasteiger charge is 2.23. The van der Waals surface area contributed by atoms with Gasteiger partial charge in [0, 0.05) is 34.9 Å². The van der Waals surface area contributed by atoms with Crippen LogP contribution < -0.4 is 16.0 Å². The lowest BCUT2D eigenvalue weighted by atomic mass is 10.1. The van der Waals surface area contributed by atoms with E-state index in [1.807, 2.05) is 25.1 Å². The van der Waals surface area contributed by atoms with Crippen molar-refractivity contribution < 1.29 is 14.0 Å². The second kappa shape index (κ2) is 8.55. The van der Waals surface area contributed by atoms with Gasteiger partial charge in [-0.25, -0.2) is 14.4 Å². The van der Waals surface area contributed by atoms with Crippen molar-refractivity contribution in [3.63, 3.8) is 0 Å². The van der Waals surface area contributed by atoms with E-state index < -0.39 is 11.7 Å². The Morgan fingerprint density at radius 3 is 2.97 bits per heavy atom. The molecule has 3 aromatic heterocycles. The van der Waals surface area contributed by atoms with Crippen LogP contribution in [0.2, 0.25) is 0 Å². The van der Waals surface area contributed by atoms with Crippen molar-refractivity contribution in [2.75, 3.05) is 16.0 Å². The van der Waals surface area contributed by atoms with Crippen LogP contribution in [0.3, 0.4) is 0 Å². The zero-order valence-corrected chi connectivity index (χ0v) is 18.3. The van der Waals surface area contributed by atoms with Crippen LogP contribution in [0.15, 0.2) is 59.9 Å². The molecule has 4 N–H and O–H groups in total. The first-order chi connectivity index (χ1) is 16.0. The Labute approximate surface area is 192 Å². The topological polar surface area (TPSA) is 112 Å². The van der Waals surface area contributed by atoms with Crippen LogP contribution in [-0.4, -0.2) is 32.0 Å². The molecule has 1 aromatic carbocycles. The highest BCUT2D eigenvalue weighted by Crippen LogP contribution is 2.37. The van der Waals surface area contributed by atoms with Crippen molar-refractivity contribution >= 4 is 51.8 Å². The maximum atomic E-state index is 13.9. The van der Waals surface area contributed by atoms with Crippen LogP contribution in [-0.2, 0) is 11.3 Å². The maximum absolute atomic E-state index is 13.9. The Kier molecular flexibility index (Phi) is 5.43. The molecule has 0 spiro atoms. The summed E-state index contributed by atoms with van der Waals surface area (Å²) in [5.41, 5.74) is 2.89. The molecule has 4 heterocycles. The lowest BCUT2D eigenvalue weighted by molar-refractivity contribution is -0.115. The number of rotatable bonds is 5. The van der Waals surface area contributed by atoms with E-state index in [0.29, 0.717) is 17.9 Å². The second-order valence-electron chi connectivity index (χ2n) is 7.53. The van der Waals surface area contributed by atoms with Crippen molar-refractivity contribution in [2.45, 2.75) is 23.6 Å². The molecule has 5 rings (SSSR count). The van der Waals surface area contributed by atoms with Gasteiger partial charge in [-0.05, 0) is 48.9 Å². The number of nitrogens with one attached hydrogen (secondary N) is 4. The summed E-state index contributed by atoms with van der Waals surface area (Å²) in [6.07, 6.45) is 4.55. The van der Waals surface area contributed by atoms with Gasteiger partial charge in [0.15, 0.2) is 0 Å². The molecule has 8 nitrogen and oxygen atoms in total. The van der Waals surface area contributed by atoms with Crippen molar-refractivity contribution in [1.29, 1.82) is 0 Å². The fourth-order valence-electron chi connectivity index (χ4n) is 3.59. The van der Waals surface area contributed by atoms with Crippen LogP contribution >= 0.6 is 11.8 Å². The summed E-state index contributed by atoms with van der Waals surface area (Å²) in [5.74, 6) is -0.977. The number of hydrogen-bond acceptors (Lipinski definition) is 6. The maximum Gasteiger partial charge on any atom is 0.259 e. The van der Waals surface area contributed by atoms with E-state index in [4.69, 9.17) is 0 Å². The van der Waals surface area contributed by atoms with Crippen molar-refractivity contribution in [3.8, 4) is 0 Å². The van der Waals surface area contributed by atoms with Gasteiger partial charge in [-0.15, -0.1) is 11.8 Å². The monoisotopic (exact) mass is 462 g/mol. The quantitative estimate of drug-likeness (QED) is 0.350. The molecular weight excluding hydrogens is 443 g/mol. The fourth-order valence-corrected chi connectivity index (χ4v) is 4.52. The second-order valence-corrected chi connectivity index (χ2v) is 8.91. The third-order valence-electron chi connectivity index (χ3n) is 5.26. The Morgan fingerprint density at radius 2 is 2.09 bits per heavy atom. The largest absolute Gasteiger partial charge is 0.365 e. The number of pyridine rings is 2. The average Bonchev–Trinajstić information content (AvgIpc) is 3.29. The van der Waals surface area contributed by atoms with E-state index >= 15 is 0 Å². The Morgan fingerprint density at radius 1 is 1.21 bits per heavy atom. The van der Waals surface area contributed by atoms with Gasteiger partial charge < -0.3 is 20.9 Å². The molecule has 0 saturated heterocycles. The van der Waals surface area contributed by atoms with Crippen LogP contribution in [0, 0.1) is 5.82 Å². The van der Waals surface area contributed by atoms with Crippen LogP contribution in [0.25, 0.3) is 11.0 Å². The minimum absolute atomic E-state index is 0.0686. The Bertz CT molecular complexity index is 1390. The summed E-state index contributed by atoms with van der Waals surface area (Å²) >= 11 is 1.45. The van der Waals surface area contributed by atoms with Crippen LogP contribution in [0.5, 0.6) is 0 Å². The average molecular weight is 463 g/mol. The SMILES string of the molecule is CC1Sc2ccc(NC(=O)c3cc(F)cnc3NCc3ccnc4[nH]ccc34)cc2NC1=O. The molecular formula is C23H19FN6O2S. The number of thioether (sulfide) groups is 1. The number of hydrogen-bond donors (Lipinski definition) is 4. The Hall–Kier alpha value is -3.92. The first-order valence-electron chi connectivity index (χ1n) is 10.2. The number of nitrogens with zero attached hydrogens (tertiary/aromatic N) is 2. The van der Waals surface area contributed by atoms with Gasteiger partial charge in [-0.2, -0.15) is 0 Å². The minimum Gasteiger partial charge on any atom is -0.365 e. The van der Waals surface area contributed by atoms with E-state index in [-0.39, 0.29) is 22.5 Å². The molecule has 0 aliphatic carbocycles. The molecule has 1 aliphatic heterocycles. The highest BCUT2D eigenvalue weighted by atomic mass is 32.2. The fraction of sp³-hybridized carbons (Fsp3) is 0.130. The molecule has 0 fully saturated rings. The molecule has 33 heavy (non-hydrogen) atoms. The van der Waals surface area contributed by atoms with Crippen molar-refractivity contribution in [3.05, 3.63) is 71.9 Å². The molecule has 1 unspecified atom stereocenters. The van der Waals surface area contributed by atoms with E-state index in [9.17, 15) is 14.0 Å². The van der Waals surface area contributed by atoms with Gasteiger partial charge in [0.25, 0.3) is 5.91 Å². The molecule has 0 bridgehead atoms. The smallest absolute Gasteiger partial charge is 0.259 e. The molecule has 2 amide bonds. The highest BCUT2D eigenvalue weighted by molar-refractivity contribution is 8.00. The third-order valence-corrected chi connectivity index (χ3v) is 6.44. The summed E-state index contributed by atoms with van der Waals surface area (Å²) in [6.45, 7) is 2.20. The molecule has 0 saturated carbocycles. The zero-order chi connectivity index (χ0) is 22.9. The number of fused-ring (bicyclic) bond motifs is 2. The van der Waals surface area contributed by atoms with E-state index in [1.165, 1.54) is 11.8 Å². The predicted molar refractivity (Wildman–Crippen MR) is 126 cm³/mol. The number of halogens is 1. The standard InChI is InChI=1S/C23H19FN6O2S/c1-12-22(31)30-18-9-15(2-3-19(18)33-12)29-23(32)17-8-14(24)11-28-21(17)27-10-13-4-6-25-20-16(13)5-7-26-20/h2-9,11-12H,10H2,1H3,(H,25,26)(H,27,28)(H,29,32)(H,30,31).